The molecular formula is C10H9BrClNO2. The molecular weight excluding hydrogens is 281 g/mol. The van der Waals surface area contributed by atoms with Gasteiger partial charge in [-0.15, -0.1) is 0 Å². The lowest BCUT2D eigenvalue weighted by Gasteiger charge is -2.04. The van der Waals surface area contributed by atoms with E-state index in [0.717, 1.165) is 4.47 Å². The highest BCUT2D eigenvalue weighted by molar-refractivity contribution is 9.10. The van der Waals surface area contributed by atoms with Crippen LogP contribution in [0.1, 0.15) is 0 Å². The predicted molar refractivity (Wildman–Crippen MR) is 63.9 cm³/mol. The zero-order valence-electron chi connectivity index (χ0n) is 7.96. The number of halogens is 2. The van der Waals surface area contributed by atoms with Crippen LogP contribution in [0.4, 0.5) is 5.69 Å². The van der Waals surface area contributed by atoms with Crippen LogP contribution in [0.25, 0.3) is 0 Å². The molecule has 0 saturated heterocycles. The van der Waals surface area contributed by atoms with E-state index in [1.165, 1.54) is 19.4 Å². The first-order chi connectivity index (χ1) is 7.15. The molecule has 15 heavy (non-hydrogen) atoms. The summed E-state index contributed by atoms with van der Waals surface area (Å²) in [5.41, 5.74) is 0.714. The summed E-state index contributed by atoms with van der Waals surface area (Å²) in [6.07, 6.45) is 2.75. The molecule has 1 aromatic rings. The molecule has 0 amide bonds. The number of carbonyl (C=O) groups is 1. The molecule has 0 aliphatic rings. The summed E-state index contributed by atoms with van der Waals surface area (Å²) in [4.78, 5) is 10.8. The molecule has 0 spiro atoms. The van der Waals surface area contributed by atoms with Crippen LogP contribution in [-0.2, 0) is 9.53 Å². The second-order valence-electron chi connectivity index (χ2n) is 2.60. The molecule has 80 valence electrons. The van der Waals surface area contributed by atoms with Gasteiger partial charge in [0.05, 0.1) is 17.8 Å². The van der Waals surface area contributed by atoms with Crippen molar-refractivity contribution >= 4 is 39.2 Å². The van der Waals surface area contributed by atoms with Crippen molar-refractivity contribution in [1.82, 2.24) is 0 Å². The first kappa shape index (κ1) is 12.1. The van der Waals surface area contributed by atoms with Gasteiger partial charge in [0, 0.05) is 16.7 Å². The average Bonchev–Trinajstić information content (AvgIpc) is 2.24. The lowest BCUT2D eigenvalue weighted by Crippen LogP contribution is -1.96. The minimum atomic E-state index is -0.423. The van der Waals surface area contributed by atoms with E-state index in [4.69, 9.17) is 11.6 Å². The fourth-order valence-electron chi connectivity index (χ4n) is 0.883. The molecule has 0 aromatic heterocycles. The molecule has 0 unspecified atom stereocenters. The maximum absolute atomic E-state index is 10.8. The van der Waals surface area contributed by atoms with E-state index in [1.54, 1.807) is 6.07 Å². The van der Waals surface area contributed by atoms with Crippen molar-refractivity contribution in [3.63, 3.8) is 0 Å². The Morgan fingerprint density at radius 2 is 2.33 bits per heavy atom. The Bertz CT molecular complexity index is 393. The number of ether oxygens (including phenoxy) is 1. The van der Waals surface area contributed by atoms with E-state index in [1.807, 2.05) is 12.1 Å². The predicted octanol–water partition coefficient (Wildman–Crippen LogP) is 3.20. The highest BCUT2D eigenvalue weighted by atomic mass is 79.9. The molecule has 0 aliphatic heterocycles. The van der Waals surface area contributed by atoms with Gasteiger partial charge in [0.1, 0.15) is 0 Å². The van der Waals surface area contributed by atoms with E-state index in [0.29, 0.717) is 10.7 Å². The number of hydrogen-bond acceptors (Lipinski definition) is 3. The number of esters is 1. The van der Waals surface area contributed by atoms with E-state index >= 15 is 0 Å². The number of benzene rings is 1. The number of anilines is 1. The van der Waals surface area contributed by atoms with Crippen LogP contribution in [0.2, 0.25) is 5.02 Å². The molecule has 1 N–H and O–H groups in total. The van der Waals surface area contributed by atoms with Crippen molar-refractivity contribution in [2.75, 3.05) is 12.4 Å². The number of hydrogen-bond donors (Lipinski definition) is 1. The van der Waals surface area contributed by atoms with Gasteiger partial charge in [-0.05, 0) is 28.1 Å². The second kappa shape index (κ2) is 5.78. The molecule has 1 aromatic carbocycles. The standard InChI is InChI=1S/C10H9BrClNO2/c1-15-9(14)5-6-13-8-4-2-3-7(11)10(8)12/h2-6,13H,1H3/b6-5+. The molecule has 1 rings (SSSR count). The van der Waals surface area contributed by atoms with Crippen LogP contribution >= 0.6 is 27.5 Å². The third-order valence-corrected chi connectivity index (χ3v) is 2.91. The van der Waals surface area contributed by atoms with Gasteiger partial charge in [-0.25, -0.2) is 4.79 Å². The maximum atomic E-state index is 10.8. The number of carbonyl (C=O) groups excluding carboxylic acids is 1. The van der Waals surface area contributed by atoms with Crippen molar-refractivity contribution in [3.8, 4) is 0 Å². The van der Waals surface area contributed by atoms with Gasteiger partial charge in [0.2, 0.25) is 0 Å². The molecule has 0 bridgehead atoms. The summed E-state index contributed by atoms with van der Waals surface area (Å²) in [6, 6.07) is 5.47. The van der Waals surface area contributed by atoms with Crippen LogP contribution in [-0.4, -0.2) is 13.1 Å². The molecule has 0 saturated carbocycles. The van der Waals surface area contributed by atoms with Gasteiger partial charge in [-0.1, -0.05) is 17.7 Å². The Hall–Kier alpha value is -1.000. The smallest absolute Gasteiger partial charge is 0.331 e. The Labute approximate surface area is 101 Å². The minimum absolute atomic E-state index is 0.423. The summed E-state index contributed by atoms with van der Waals surface area (Å²) in [5.74, 6) is -0.423. The lowest BCUT2D eigenvalue weighted by molar-refractivity contribution is -0.134. The van der Waals surface area contributed by atoms with E-state index < -0.39 is 5.97 Å². The van der Waals surface area contributed by atoms with E-state index in [9.17, 15) is 4.79 Å². The third-order valence-electron chi connectivity index (χ3n) is 1.61. The van der Waals surface area contributed by atoms with Crippen LogP contribution in [0.5, 0.6) is 0 Å². The first-order valence-electron chi connectivity index (χ1n) is 4.10. The second-order valence-corrected chi connectivity index (χ2v) is 3.83. The third kappa shape index (κ3) is 3.57. The Morgan fingerprint density at radius 1 is 1.60 bits per heavy atom. The highest BCUT2D eigenvalue weighted by Crippen LogP contribution is 2.29. The Morgan fingerprint density at radius 3 is 3.00 bits per heavy atom. The Kier molecular flexibility index (Phi) is 4.65. The number of methoxy groups -OCH3 is 1. The van der Waals surface area contributed by atoms with Crippen molar-refractivity contribution in [1.29, 1.82) is 0 Å². The molecule has 0 atom stereocenters. The topological polar surface area (TPSA) is 38.3 Å². The minimum Gasteiger partial charge on any atom is -0.466 e. The maximum Gasteiger partial charge on any atom is 0.331 e. The lowest BCUT2D eigenvalue weighted by atomic mass is 10.3. The number of rotatable bonds is 3. The van der Waals surface area contributed by atoms with Gasteiger partial charge >= 0.3 is 5.97 Å². The first-order valence-corrected chi connectivity index (χ1v) is 5.27. The fraction of sp³-hybridized carbons (Fsp3) is 0.100. The van der Waals surface area contributed by atoms with Crippen LogP contribution in [0.3, 0.4) is 0 Å². The van der Waals surface area contributed by atoms with Crippen LogP contribution in [0.15, 0.2) is 34.9 Å². The van der Waals surface area contributed by atoms with Crippen molar-refractivity contribution < 1.29 is 9.53 Å². The molecule has 0 radical (unpaired) electrons. The van der Waals surface area contributed by atoms with Gasteiger partial charge in [-0.2, -0.15) is 0 Å². The van der Waals surface area contributed by atoms with E-state index in [2.05, 4.69) is 26.0 Å². The molecule has 3 nitrogen and oxygen atoms in total. The van der Waals surface area contributed by atoms with E-state index in [-0.39, 0.29) is 0 Å². The Balaban J connectivity index is 2.70. The monoisotopic (exact) mass is 289 g/mol. The average molecular weight is 291 g/mol. The summed E-state index contributed by atoms with van der Waals surface area (Å²) in [6.45, 7) is 0. The summed E-state index contributed by atoms with van der Waals surface area (Å²) < 4.78 is 5.23. The quantitative estimate of drug-likeness (QED) is 0.686. The van der Waals surface area contributed by atoms with Gasteiger partial charge in [0.15, 0.2) is 0 Å². The molecule has 0 fully saturated rings. The zero-order valence-corrected chi connectivity index (χ0v) is 10.3. The fourth-order valence-corrected chi connectivity index (χ4v) is 1.43. The molecule has 0 aliphatic carbocycles. The number of nitrogens with one attached hydrogen (secondary N) is 1. The van der Waals surface area contributed by atoms with Gasteiger partial charge < -0.3 is 10.1 Å². The SMILES string of the molecule is COC(=O)/C=C/Nc1cccc(Br)c1Cl. The highest BCUT2D eigenvalue weighted by Gasteiger charge is 2.01. The van der Waals surface area contributed by atoms with Crippen molar-refractivity contribution in [2.45, 2.75) is 0 Å². The summed E-state index contributed by atoms with van der Waals surface area (Å²) >= 11 is 9.28. The van der Waals surface area contributed by atoms with Gasteiger partial charge in [-0.3, -0.25) is 0 Å². The van der Waals surface area contributed by atoms with Crippen molar-refractivity contribution in [2.24, 2.45) is 0 Å². The normalized spacial score (nSPS) is 10.3. The zero-order chi connectivity index (χ0) is 11.3. The van der Waals surface area contributed by atoms with Crippen LogP contribution in [0, 0.1) is 0 Å². The van der Waals surface area contributed by atoms with Crippen LogP contribution < -0.4 is 5.32 Å². The van der Waals surface area contributed by atoms with Gasteiger partial charge in [0.25, 0.3) is 0 Å². The largest absolute Gasteiger partial charge is 0.466 e. The van der Waals surface area contributed by atoms with Crippen molar-refractivity contribution in [3.05, 3.63) is 40.0 Å². The molecule has 5 heteroatoms. The molecule has 0 heterocycles. The summed E-state index contributed by atoms with van der Waals surface area (Å²) in [7, 11) is 1.32. The summed E-state index contributed by atoms with van der Waals surface area (Å²) in [5, 5.41) is 3.44.